The van der Waals surface area contributed by atoms with Gasteiger partial charge in [-0.25, -0.2) is 4.98 Å². The maximum Gasteiger partial charge on any atom is 0.246 e. The molecule has 6 rings (SSSR count). The lowest BCUT2D eigenvalue weighted by Gasteiger charge is -2.43. The predicted molar refractivity (Wildman–Crippen MR) is 138 cm³/mol. The summed E-state index contributed by atoms with van der Waals surface area (Å²) in [6, 6.07) is 4.63. The highest BCUT2D eigenvalue weighted by atomic mass is 16.5. The number of rotatable bonds is 4. The topological polar surface area (TPSA) is 83.1 Å². The van der Waals surface area contributed by atoms with Crippen LogP contribution in [0.3, 0.4) is 0 Å². The van der Waals surface area contributed by atoms with Gasteiger partial charge in [-0.1, -0.05) is 6.58 Å². The van der Waals surface area contributed by atoms with Crippen LogP contribution in [0.2, 0.25) is 0 Å². The molecule has 0 aromatic carbocycles. The number of morpholine rings is 1. The van der Waals surface area contributed by atoms with E-state index < -0.39 is 0 Å². The molecule has 0 spiro atoms. The van der Waals surface area contributed by atoms with E-state index in [0.717, 1.165) is 98.8 Å². The van der Waals surface area contributed by atoms with Crippen molar-refractivity contribution in [2.24, 2.45) is 0 Å². The van der Waals surface area contributed by atoms with Crippen molar-refractivity contribution in [2.75, 3.05) is 62.7 Å². The van der Waals surface area contributed by atoms with Crippen molar-refractivity contribution in [1.82, 2.24) is 19.8 Å². The van der Waals surface area contributed by atoms with Crippen molar-refractivity contribution in [1.29, 1.82) is 0 Å². The summed E-state index contributed by atoms with van der Waals surface area (Å²) in [6.07, 6.45) is 4.14. The minimum absolute atomic E-state index is 0.0311. The summed E-state index contributed by atoms with van der Waals surface area (Å²) < 4.78 is 12.1. The summed E-state index contributed by atoms with van der Waals surface area (Å²) in [7, 11) is 0. The van der Waals surface area contributed by atoms with Crippen LogP contribution in [0.15, 0.2) is 31.0 Å². The van der Waals surface area contributed by atoms with E-state index in [2.05, 4.69) is 40.8 Å². The molecule has 2 atom stereocenters. The zero-order chi connectivity index (χ0) is 24.8. The van der Waals surface area contributed by atoms with Crippen molar-refractivity contribution < 1.29 is 14.3 Å². The SMILES string of the molecule is C=CC(=O)N1CC[C@H](N2CC(c3cc4c(c(C)n3)O[C@H](C)c3c(N5CCOCC5)ccnc3N4)C2)C1. The molecule has 0 aliphatic carbocycles. The van der Waals surface area contributed by atoms with Gasteiger partial charge < -0.3 is 24.6 Å². The van der Waals surface area contributed by atoms with E-state index in [1.54, 1.807) is 0 Å². The molecule has 1 N–H and O–H groups in total. The highest BCUT2D eigenvalue weighted by Gasteiger charge is 2.39. The van der Waals surface area contributed by atoms with Gasteiger partial charge >= 0.3 is 0 Å². The maximum atomic E-state index is 11.9. The van der Waals surface area contributed by atoms with Gasteiger partial charge in [0.25, 0.3) is 0 Å². The molecule has 3 saturated heterocycles. The lowest BCUT2D eigenvalue weighted by atomic mass is 9.92. The average Bonchev–Trinajstić information content (AvgIpc) is 3.29. The number of aryl methyl sites for hydroxylation is 1. The minimum atomic E-state index is -0.158. The van der Waals surface area contributed by atoms with Crippen LogP contribution < -0.4 is 15.0 Å². The Balaban J connectivity index is 1.21. The first-order valence-corrected chi connectivity index (χ1v) is 12.9. The second-order valence-electron chi connectivity index (χ2n) is 10.2. The van der Waals surface area contributed by atoms with Gasteiger partial charge in [-0.05, 0) is 38.5 Å². The zero-order valence-electron chi connectivity index (χ0n) is 21.1. The number of hydrogen-bond donors (Lipinski definition) is 1. The number of carbonyl (C=O) groups excluding carboxylic acids is 1. The highest BCUT2D eigenvalue weighted by Crippen LogP contribution is 2.44. The van der Waals surface area contributed by atoms with E-state index in [1.807, 2.05) is 18.0 Å². The number of aromatic nitrogens is 2. The van der Waals surface area contributed by atoms with Crippen LogP contribution in [0, 0.1) is 6.92 Å². The van der Waals surface area contributed by atoms with Crippen LogP contribution in [-0.4, -0.2) is 84.2 Å². The largest absolute Gasteiger partial charge is 0.482 e. The van der Waals surface area contributed by atoms with Gasteiger partial charge in [0.1, 0.15) is 11.9 Å². The Morgan fingerprint density at radius 2 is 2.03 bits per heavy atom. The fourth-order valence-corrected chi connectivity index (χ4v) is 5.91. The standard InChI is InChI=1S/C27H34N6O3/c1-4-24(34)32-8-6-20(16-32)33-14-19(15-33)21-13-22-26(17(2)29-21)36-18(3)25-23(5-7-28-27(25)30-22)31-9-11-35-12-10-31/h4-5,7,13,18-20H,1,6,8-12,14-16H2,2-3H3,(H,28,30)/t18-,20+/m1/s1. The molecule has 1 amide bonds. The molecular formula is C27H34N6O3. The molecule has 0 bridgehead atoms. The molecule has 0 unspecified atom stereocenters. The Kier molecular flexibility index (Phi) is 6.05. The Hall–Kier alpha value is -3.17. The molecule has 2 aromatic rings. The Morgan fingerprint density at radius 3 is 2.81 bits per heavy atom. The number of ether oxygens (including phenoxy) is 2. The second kappa shape index (κ2) is 9.37. The van der Waals surface area contributed by atoms with Crippen LogP contribution in [0.1, 0.15) is 42.3 Å². The first-order chi connectivity index (χ1) is 17.5. The molecule has 2 aromatic heterocycles. The lowest BCUT2D eigenvalue weighted by Crippen LogP contribution is -2.52. The molecule has 9 nitrogen and oxygen atoms in total. The quantitative estimate of drug-likeness (QED) is 0.655. The van der Waals surface area contributed by atoms with Gasteiger partial charge in [0.15, 0.2) is 5.75 Å². The third-order valence-electron chi connectivity index (χ3n) is 7.93. The Bertz CT molecular complexity index is 1170. The van der Waals surface area contributed by atoms with Crippen molar-refractivity contribution in [2.45, 2.75) is 38.3 Å². The third kappa shape index (κ3) is 4.10. The molecule has 4 aliphatic rings. The summed E-state index contributed by atoms with van der Waals surface area (Å²) in [5.74, 6) is 2.04. The number of nitrogens with one attached hydrogen (secondary N) is 1. The van der Waals surface area contributed by atoms with Crippen LogP contribution in [0.4, 0.5) is 17.2 Å². The molecule has 6 heterocycles. The van der Waals surface area contributed by atoms with Crippen molar-refractivity contribution in [3.63, 3.8) is 0 Å². The summed E-state index contributed by atoms with van der Waals surface area (Å²) in [5, 5.41) is 3.59. The van der Waals surface area contributed by atoms with Gasteiger partial charge in [0.2, 0.25) is 5.91 Å². The van der Waals surface area contributed by atoms with Crippen molar-refractivity contribution in [3.05, 3.63) is 47.9 Å². The maximum absolute atomic E-state index is 11.9. The molecule has 4 aliphatic heterocycles. The molecule has 0 radical (unpaired) electrons. The van der Waals surface area contributed by atoms with Crippen LogP contribution >= 0.6 is 0 Å². The van der Waals surface area contributed by atoms with E-state index in [4.69, 9.17) is 19.4 Å². The van der Waals surface area contributed by atoms with E-state index in [9.17, 15) is 4.79 Å². The summed E-state index contributed by atoms with van der Waals surface area (Å²) >= 11 is 0. The molecule has 9 heteroatoms. The molecular weight excluding hydrogens is 456 g/mol. The van der Waals surface area contributed by atoms with Crippen molar-refractivity contribution in [3.8, 4) is 5.75 Å². The molecule has 36 heavy (non-hydrogen) atoms. The number of anilines is 3. The smallest absolute Gasteiger partial charge is 0.246 e. The van der Waals surface area contributed by atoms with E-state index in [1.165, 1.54) is 6.08 Å². The zero-order valence-corrected chi connectivity index (χ0v) is 21.1. The average molecular weight is 491 g/mol. The second-order valence-corrected chi connectivity index (χ2v) is 10.2. The fourth-order valence-electron chi connectivity index (χ4n) is 5.91. The monoisotopic (exact) mass is 490 g/mol. The Morgan fingerprint density at radius 1 is 1.22 bits per heavy atom. The number of carbonyl (C=O) groups is 1. The Labute approximate surface area is 212 Å². The van der Waals surface area contributed by atoms with Gasteiger partial charge in [0, 0.05) is 68.8 Å². The number of amides is 1. The normalized spacial score (nSPS) is 24.2. The van der Waals surface area contributed by atoms with Crippen LogP contribution in [-0.2, 0) is 9.53 Å². The number of hydrogen-bond acceptors (Lipinski definition) is 8. The highest BCUT2D eigenvalue weighted by molar-refractivity contribution is 5.87. The van der Waals surface area contributed by atoms with Crippen molar-refractivity contribution >= 4 is 23.1 Å². The van der Waals surface area contributed by atoms with Gasteiger partial charge in [0.05, 0.1) is 30.2 Å². The third-order valence-corrected chi connectivity index (χ3v) is 7.93. The molecule has 0 saturated carbocycles. The number of likely N-dealkylation sites (tertiary alicyclic amines) is 2. The number of nitrogens with zero attached hydrogens (tertiary/aromatic N) is 5. The van der Waals surface area contributed by atoms with Crippen LogP contribution in [0.5, 0.6) is 5.75 Å². The van der Waals surface area contributed by atoms with E-state index in [-0.39, 0.29) is 12.0 Å². The van der Waals surface area contributed by atoms with Gasteiger partial charge in [-0.2, -0.15) is 0 Å². The van der Waals surface area contributed by atoms with Gasteiger partial charge in [-0.3, -0.25) is 14.7 Å². The van der Waals surface area contributed by atoms with Crippen LogP contribution in [0.25, 0.3) is 0 Å². The summed E-state index contributed by atoms with van der Waals surface area (Å²) in [4.78, 5) is 28.3. The first-order valence-electron chi connectivity index (χ1n) is 12.9. The summed E-state index contributed by atoms with van der Waals surface area (Å²) in [6.45, 7) is 14.4. The number of fused-ring (bicyclic) bond motifs is 2. The molecule has 3 fully saturated rings. The fraction of sp³-hybridized carbons (Fsp3) is 0.519. The predicted octanol–water partition coefficient (Wildman–Crippen LogP) is 3.00. The van der Waals surface area contributed by atoms with Gasteiger partial charge in [-0.15, -0.1) is 0 Å². The lowest BCUT2D eigenvalue weighted by molar-refractivity contribution is -0.125. The van der Waals surface area contributed by atoms with E-state index in [0.29, 0.717) is 12.0 Å². The van der Waals surface area contributed by atoms with E-state index >= 15 is 0 Å². The number of pyridine rings is 2. The first kappa shape index (κ1) is 23.2. The molecule has 190 valence electrons. The summed E-state index contributed by atoms with van der Waals surface area (Å²) in [5.41, 5.74) is 5.13. The minimum Gasteiger partial charge on any atom is -0.482 e.